The Hall–Kier alpha value is -2.97. The van der Waals surface area contributed by atoms with E-state index in [2.05, 4.69) is 24.8 Å². The second kappa shape index (κ2) is 8.59. The largest absolute Gasteiger partial charge is 0.339 e. The normalized spacial score (nSPS) is 18.0. The Morgan fingerprint density at radius 2 is 1.69 bits per heavy atom. The predicted octanol–water partition coefficient (Wildman–Crippen LogP) is 1.29. The second-order valence-corrected chi connectivity index (χ2v) is 7.68. The van der Waals surface area contributed by atoms with Gasteiger partial charge in [0.1, 0.15) is 5.56 Å². The van der Waals surface area contributed by atoms with E-state index >= 15 is 0 Å². The van der Waals surface area contributed by atoms with Crippen LogP contribution in [-0.4, -0.2) is 70.0 Å². The van der Waals surface area contributed by atoms with Crippen molar-refractivity contribution in [3.05, 3.63) is 40.6 Å². The summed E-state index contributed by atoms with van der Waals surface area (Å²) in [4.78, 5) is 47.0. The van der Waals surface area contributed by atoms with Gasteiger partial charge in [0.25, 0.3) is 11.5 Å². The highest BCUT2D eigenvalue weighted by Crippen LogP contribution is 2.22. The predicted molar refractivity (Wildman–Crippen MR) is 110 cm³/mol. The zero-order valence-electron chi connectivity index (χ0n) is 16.8. The molecule has 9 heteroatoms. The molecule has 0 spiro atoms. The summed E-state index contributed by atoms with van der Waals surface area (Å²) in [6.45, 7) is 2.85. The van der Waals surface area contributed by atoms with Gasteiger partial charge in [-0.3, -0.25) is 14.6 Å². The van der Waals surface area contributed by atoms with E-state index in [1.807, 2.05) is 4.90 Å². The minimum Gasteiger partial charge on any atom is -0.339 e. The Kier molecular flexibility index (Phi) is 5.73. The molecule has 1 aliphatic carbocycles. The van der Waals surface area contributed by atoms with Crippen LogP contribution >= 0.6 is 0 Å². The van der Waals surface area contributed by atoms with Crippen LogP contribution in [0.25, 0.3) is 0 Å². The van der Waals surface area contributed by atoms with Crippen LogP contribution in [-0.2, 0) is 0 Å². The highest BCUT2D eigenvalue weighted by Gasteiger charge is 2.26. The zero-order valence-corrected chi connectivity index (χ0v) is 16.8. The molecule has 2 aromatic heterocycles. The van der Waals surface area contributed by atoms with Gasteiger partial charge in [-0.25, -0.2) is 15.0 Å². The number of piperazine rings is 1. The van der Waals surface area contributed by atoms with Gasteiger partial charge in [0.05, 0.1) is 0 Å². The number of aromatic nitrogens is 4. The van der Waals surface area contributed by atoms with E-state index in [9.17, 15) is 9.59 Å². The topological polar surface area (TPSA) is 98.3 Å². The third-order valence-corrected chi connectivity index (χ3v) is 5.87. The number of carbonyl (C=O) groups excluding carboxylic acids is 1. The number of hydrogen-bond donors (Lipinski definition) is 1. The summed E-state index contributed by atoms with van der Waals surface area (Å²) in [6.07, 6.45) is 10.4. The number of aromatic amines is 1. The summed E-state index contributed by atoms with van der Waals surface area (Å²) < 4.78 is 0. The van der Waals surface area contributed by atoms with E-state index in [-0.39, 0.29) is 23.1 Å². The monoisotopic (exact) mass is 397 g/mol. The van der Waals surface area contributed by atoms with Crippen molar-refractivity contribution in [2.24, 2.45) is 0 Å². The molecule has 154 valence electrons. The van der Waals surface area contributed by atoms with Gasteiger partial charge in [0, 0.05) is 57.9 Å². The third-order valence-electron chi connectivity index (χ3n) is 5.87. The van der Waals surface area contributed by atoms with Crippen molar-refractivity contribution in [1.29, 1.82) is 0 Å². The van der Waals surface area contributed by atoms with Crippen LogP contribution in [0, 0.1) is 0 Å². The lowest BCUT2D eigenvalue weighted by Crippen LogP contribution is -2.48. The smallest absolute Gasteiger partial charge is 0.265 e. The quantitative estimate of drug-likeness (QED) is 0.830. The summed E-state index contributed by atoms with van der Waals surface area (Å²) >= 11 is 0. The molecule has 9 nitrogen and oxygen atoms in total. The van der Waals surface area contributed by atoms with Gasteiger partial charge in [-0.1, -0.05) is 19.3 Å². The molecular weight excluding hydrogens is 370 g/mol. The Balaban J connectivity index is 1.41. The van der Waals surface area contributed by atoms with Crippen LogP contribution in [0.4, 0.5) is 11.9 Å². The maximum absolute atomic E-state index is 12.8. The number of carbonyl (C=O) groups is 1. The average Bonchev–Trinajstić information content (AvgIpc) is 2.79. The van der Waals surface area contributed by atoms with Crippen molar-refractivity contribution in [3.8, 4) is 0 Å². The molecule has 1 aliphatic heterocycles. The van der Waals surface area contributed by atoms with E-state index in [1.165, 1.54) is 12.6 Å². The molecule has 29 heavy (non-hydrogen) atoms. The van der Waals surface area contributed by atoms with Gasteiger partial charge in [-0.05, 0) is 18.9 Å². The van der Waals surface area contributed by atoms with Crippen LogP contribution in [0.5, 0.6) is 0 Å². The molecule has 1 amide bonds. The van der Waals surface area contributed by atoms with E-state index in [4.69, 9.17) is 0 Å². The number of anilines is 2. The van der Waals surface area contributed by atoms with Crippen molar-refractivity contribution in [3.63, 3.8) is 0 Å². The lowest BCUT2D eigenvalue weighted by Gasteiger charge is -2.35. The van der Waals surface area contributed by atoms with E-state index < -0.39 is 0 Å². The summed E-state index contributed by atoms with van der Waals surface area (Å²) in [7, 11) is 1.79. The molecule has 0 unspecified atom stereocenters. The van der Waals surface area contributed by atoms with E-state index in [0.717, 1.165) is 38.8 Å². The fraction of sp³-hybridized carbons (Fsp3) is 0.550. The molecule has 1 N–H and O–H groups in total. The first-order valence-electron chi connectivity index (χ1n) is 10.3. The number of rotatable bonds is 4. The molecular formula is C20H27N7O2. The standard InChI is InChI=1S/C20H27N7O2/c1-25(15-6-3-2-4-7-15)18(29)16-14-23-20(24-17(16)28)27-12-10-26(11-13-27)19-21-8-5-9-22-19/h5,8-9,14-15H,2-4,6-7,10-13H2,1H3,(H,23,24,28). The molecule has 1 saturated carbocycles. The van der Waals surface area contributed by atoms with Gasteiger partial charge in [-0.2, -0.15) is 0 Å². The minimum absolute atomic E-state index is 0.109. The molecule has 0 atom stereocenters. The summed E-state index contributed by atoms with van der Waals surface area (Å²) in [5.74, 6) is 0.962. The number of nitrogens with one attached hydrogen (secondary N) is 1. The highest BCUT2D eigenvalue weighted by atomic mass is 16.2. The zero-order chi connectivity index (χ0) is 20.2. The van der Waals surface area contributed by atoms with Crippen molar-refractivity contribution in [2.75, 3.05) is 43.0 Å². The molecule has 1 saturated heterocycles. The Bertz CT molecular complexity index is 887. The summed E-state index contributed by atoms with van der Waals surface area (Å²) in [6, 6.07) is 2.01. The molecule has 0 aromatic carbocycles. The Morgan fingerprint density at radius 3 is 2.34 bits per heavy atom. The van der Waals surface area contributed by atoms with Crippen LogP contribution < -0.4 is 15.4 Å². The molecule has 2 aromatic rings. The number of H-pyrrole nitrogens is 1. The van der Waals surface area contributed by atoms with Gasteiger partial charge in [0.2, 0.25) is 11.9 Å². The summed E-state index contributed by atoms with van der Waals surface area (Å²) in [5.41, 5.74) is -0.269. The number of nitrogens with zero attached hydrogens (tertiary/aromatic N) is 6. The first-order chi connectivity index (χ1) is 14.1. The lowest BCUT2D eigenvalue weighted by atomic mass is 9.94. The molecule has 2 aliphatic rings. The molecule has 2 fully saturated rings. The average molecular weight is 397 g/mol. The van der Waals surface area contributed by atoms with Crippen molar-refractivity contribution < 1.29 is 4.79 Å². The minimum atomic E-state index is -0.378. The van der Waals surface area contributed by atoms with Crippen molar-refractivity contribution in [2.45, 2.75) is 38.1 Å². The van der Waals surface area contributed by atoms with Gasteiger partial charge in [0.15, 0.2) is 0 Å². The molecule has 3 heterocycles. The number of amides is 1. The second-order valence-electron chi connectivity index (χ2n) is 7.68. The first kappa shape index (κ1) is 19.4. The lowest BCUT2D eigenvalue weighted by molar-refractivity contribution is 0.0694. The van der Waals surface area contributed by atoms with Crippen LogP contribution in [0.2, 0.25) is 0 Å². The van der Waals surface area contributed by atoms with Gasteiger partial charge in [-0.15, -0.1) is 0 Å². The first-order valence-corrected chi connectivity index (χ1v) is 10.3. The fourth-order valence-electron chi connectivity index (χ4n) is 4.10. The Labute approximate surface area is 169 Å². The van der Waals surface area contributed by atoms with E-state index in [1.54, 1.807) is 30.4 Å². The maximum atomic E-state index is 12.8. The van der Waals surface area contributed by atoms with Gasteiger partial charge >= 0.3 is 0 Å². The SMILES string of the molecule is CN(C(=O)c1cnc(N2CCN(c3ncccn3)CC2)[nH]c1=O)C1CCCCC1. The van der Waals surface area contributed by atoms with Crippen molar-refractivity contribution >= 4 is 17.8 Å². The van der Waals surface area contributed by atoms with Crippen LogP contribution in [0.3, 0.4) is 0 Å². The van der Waals surface area contributed by atoms with Gasteiger partial charge < -0.3 is 14.7 Å². The Morgan fingerprint density at radius 1 is 1.03 bits per heavy atom. The highest BCUT2D eigenvalue weighted by molar-refractivity contribution is 5.93. The molecule has 0 bridgehead atoms. The fourth-order valence-corrected chi connectivity index (χ4v) is 4.10. The molecule has 4 rings (SSSR count). The maximum Gasteiger partial charge on any atom is 0.265 e. The molecule has 0 radical (unpaired) electrons. The number of hydrogen-bond acceptors (Lipinski definition) is 7. The third kappa shape index (κ3) is 4.23. The van der Waals surface area contributed by atoms with E-state index in [0.29, 0.717) is 25.0 Å². The van der Waals surface area contributed by atoms with Crippen LogP contribution in [0.15, 0.2) is 29.5 Å². The van der Waals surface area contributed by atoms with Crippen LogP contribution in [0.1, 0.15) is 42.5 Å². The van der Waals surface area contributed by atoms with Crippen molar-refractivity contribution in [1.82, 2.24) is 24.8 Å². The summed E-state index contributed by atoms with van der Waals surface area (Å²) in [5, 5.41) is 0.